The van der Waals surface area contributed by atoms with Gasteiger partial charge >= 0.3 is 0 Å². The molecule has 0 bridgehead atoms. The molecule has 0 spiro atoms. The van der Waals surface area contributed by atoms with Gasteiger partial charge in [0, 0.05) is 37.3 Å². The fourth-order valence-corrected chi connectivity index (χ4v) is 5.52. The van der Waals surface area contributed by atoms with Crippen molar-refractivity contribution in [3.8, 4) is 0 Å². The Bertz CT molecular complexity index is 1450. The Morgan fingerprint density at radius 3 is 2.74 bits per heavy atom. The number of para-hydroxylation sites is 1. The molecule has 2 saturated heterocycles. The molecule has 3 aromatic rings. The van der Waals surface area contributed by atoms with Crippen molar-refractivity contribution in [2.75, 3.05) is 25.1 Å². The first-order valence-corrected chi connectivity index (χ1v) is 13.6. The normalized spacial score (nSPS) is 18.8. The predicted octanol–water partition coefficient (Wildman–Crippen LogP) is 4.72. The molecule has 2 aromatic carbocycles. The number of rotatable bonds is 7. The molecule has 38 heavy (non-hydrogen) atoms. The summed E-state index contributed by atoms with van der Waals surface area (Å²) in [5.41, 5.74) is 6.56. The van der Waals surface area contributed by atoms with E-state index >= 15 is 0 Å². The lowest BCUT2D eigenvalue weighted by molar-refractivity contribution is -0.122. The maximum Gasteiger partial charge on any atom is 0.281 e. The number of benzene rings is 2. The van der Waals surface area contributed by atoms with Gasteiger partial charge in [-0.2, -0.15) is 0 Å². The highest BCUT2D eigenvalue weighted by atomic mass is 32.1. The molecule has 1 atom stereocenters. The average molecular weight is 531 g/mol. The number of carbonyl (C=O) groups excluding carboxylic acids is 2. The summed E-state index contributed by atoms with van der Waals surface area (Å²) < 4.78 is 7.63. The molecule has 2 amide bonds. The Hall–Kier alpha value is -3.49. The standard InChI is InChI=1S/C30H34N4O3S/c1-5-21-8-6-10-25-22(17-33(28(21)25)18-27(35)31-16-24-9-7-13-37-24)15-26-29(36)34(30(38)32(26)4)23-12-11-19(2)20(3)14-23/h6,8,10-12,14-15,17,24H,5,7,9,13,16,18H2,1-4H3,(H,31,35)/b26-15-/t24-/m1/s1. The smallest absolute Gasteiger partial charge is 0.281 e. The van der Waals surface area contributed by atoms with Crippen LogP contribution in [-0.2, 0) is 27.3 Å². The van der Waals surface area contributed by atoms with Crippen LogP contribution in [-0.4, -0.2) is 52.7 Å². The number of nitrogens with zero attached hydrogens (tertiary/aromatic N) is 3. The van der Waals surface area contributed by atoms with E-state index in [0.29, 0.717) is 17.4 Å². The molecule has 5 rings (SSSR count). The fraction of sp³-hybridized carbons (Fsp3) is 0.367. The number of aromatic nitrogens is 1. The summed E-state index contributed by atoms with van der Waals surface area (Å²) >= 11 is 5.69. The van der Waals surface area contributed by atoms with Gasteiger partial charge in [0.05, 0.1) is 17.3 Å². The van der Waals surface area contributed by atoms with Gasteiger partial charge in [-0.15, -0.1) is 0 Å². The Morgan fingerprint density at radius 2 is 2.03 bits per heavy atom. The van der Waals surface area contributed by atoms with Crippen LogP contribution >= 0.6 is 12.2 Å². The Labute approximate surface area is 229 Å². The van der Waals surface area contributed by atoms with Gasteiger partial charge in [0.2, 0.25) is 5.91 Å². The molecular weight excluding hydrogens is 496 g/mol. The lowest BCUT2D eigenvalue weighted by Gasteiger charge is -2.17. The summed E-state index contributed by atoms with van der Waals surface area (Å²) in [6.45, 7) is 7.67. The van der Waals surface area contributed by atoms with E-state index in [-0.39, 0.29) is 24.5 Å². The predicted molar refractivity (Wildman–Crippen MR) is 155 cm³/mol. The number of thiocarbonyl (C=S) groups is 1. The van der Waals surface area contributed by atoms with Crippen molar-refractivity contribution in [2.24, 2.45) is 0 Å². The van der Waals surface area contributed by atoms with Gasteiger partial charge in [0.1, 0.15) is 12.2 Å². The molecule has 1 aromatic heterocycles. The number of likely N-dealkylation sites (N-methyl/N-ethyl adjacent to an activating group) is 1. The maximum atomic E-state index is 13.6. The molecule has 0 saturated carbocycles. The molecule has 8 heteroatoms. The first-order chi connectivity index (χ1) is 18.3. The van der Waals surface area contributed by atoms with Crippen LogP contribution in [0.3, 0.4) is 0 Å². The van der Waals surface area contributed by atoms with Gasteiger partial charge < -0.3 is 19.5 Å². The van der Waals surface area contributed by atoms with Gasteiger partial charge in [-0.3, -0.25) is 14.5 Å². The zero-order chi connectivity index (χ0) is 27.0. The molecule has 0 unspecified atom stereocenters. The zero-order valence-corrected chi connectivity index (χ0v) is 23.2. The second-order valence-corrected chi connectivity index (χ2v) is 10.5. The topological polar surface area (TPSA) is 66.8 Å². The first kappa shape index (κ1) is 26.1. The van der Waals surface area contributed by atoms with E-state index in [4.69, 9.17) is 17.0 Å². The van der Waals surface area contributed by atoms with Gasteiger partial charge in [-0.25, -0.2) is 0 Å². The highest BCUT2D eigenvalue weighted by molar-refractivity contribution is 7.80. The van der Waals surface area contributed by atoms with Gasteiger partial charge in [-0.05, 0) is 80.2 Å². The third-order valence-corrected chi connectivity index (χ3v) is 8.02. The monoisotopic (exact) mass is 530 g/mol. The fourth-order valence-electron chi connectivity index (χ4n) is 5.23. The second-order valence-electron chi connectivity index (χ2n) is 10.1. The Balaban J connectivity index is 1.48. The number of ether oxygens (including phenoxy) is 1. The van der Waals surface area contributed by atoms with Gasteiger partial charge in [0.25, 0.3) is 5.91 Å². The number of anilines is 1. The quantitative estimate of drug-likeness (QED) is 0.354. The summed E-state index contributed by atoms with van der Waals surface area (Å²) in [6.07, 6.45) is 6.80. The molecule has 198 valence electrons. The van der Waals surface area contributed by atoms with Crippen molar-refractivity contribution in [2.45, 2.75) is 52.7 Å². The molecular formula is C30H34N4O3S. The third kappa shape index (κ3) is 4.86. The summed E-state index contributed by atoms with van der Waals surface area (Å²) in [7, 11) is 1.82. The molecule has 2 aliphatic rings. The summed E-state index contributed by atoms with van der Waals surface area (Å²) in [6, 6.07) is 12.1. The van der Waals surface area contributed by atoms with Crippen LogP contribution in [0.15, 0.2) is 48.3 Å². The Kier molecular flexibility index (Phi) is 7.36. The van der Waals surface area contributed by atoms with Crippen LogP contribution in [0.4, 0.5) is 5.69 Å². The number of aryl methyl sites for hydroxylation is 3. The number of hydrogen-bond donors (Lipinski definition) is 1. The molecule has 2 aliphatic heterocycles. The lowest BCUT2D eigenvalue weighted by atomic mass is 10.1. The first-order valence-electron chi connectivity index (χ1n) is 13.2. The van der Waals surface area contributed by atoms with Crippen molar-refractivity contribution < 1.29 is 14.3 Å². The van der Waals surface area contributed by atoms with Gasteiger partial charge in [-0.1, -0.05) is 31.2 Å². The summed E-state index contributed by atoms with van der Waals surface area (Å²) in [5, 5.41) is 4.46. The number of fused-ring (bicyclic) bond motifs is 1. The van der Waals surface area contributed by atoms with Crippen LogP contribution in [0.25, 0.3) is 17.0 Å². The van der Waals surface area contributed by atoms with E-state index in [1.807, 2.05) is 68.1 Å². The van der Waals surface area contributed by atoms with Crippen LogP contribution in [0, 0.1) is 13.8 Å². The summed E-state index contributed by atoms with van der Waals surface area (Å²) in [5.74, 6) is -0.221. The van der Waals surface area contributed by atoms with E-state index in [0.717, 1.165) is 64.7 Å². The summed E-state index contributed by atoms with van der Waals surface area (Å²) in [4.78, 5) is 29.8. The van der Waals surface area contributed by atoms with E-state index in [2.05, 4.69) is 18.3 Å². The van der Waals surface area contributed by atoms with E-state index in [1.165, 1.54) is 0 Å². The van der Waals surface area contributed by atoms with Crippen molar-refractivity contribution in [3.63, 3.8) is 0 Å². The minimum atomic E-state index is -0.164. The van der Waals surface area contributed by atoms with Crippen molar-refractivity contribution >= 4 is 51.8 Å². The number of amides is 2. The highest BCUT2D eigenvalue weighted by Crippen LogP contribution is 2.32. The number of carbonyl (C=O) groups is 2. The molecule has 1 N–H and O–H groups in total. The van der Waals surface area contributed by atoms with Crippen molar-refractivity contribution in [1.29, 1.82) is 0 Å². The van der Waals surface area contributed by atoms with Crippen LogP contribution in [0.2, 0.25) is 0 Å². The number of nitrogens with one attached hydrogen (secondary N) is 1. The largest absolute Gasteiger partial charge is 0.376 e. The molecule has 0 aliphatic carbocycles. The van der Waals surface area contributed by atoms with Crippen LogP contribution < -0.4 is 10.2 Å². The molecule has 2 fully saturated rings. The SMILES string of the molecule is CCc1cccc2c(/C=C3/C(=O)N(c4ccc(C)c(C)c4)C(=S)N3C)cn(CC(=O)NC[C@H]3CCCO3)c12. The third-order valence-electron chi connectivity index (χ3n) is 7.56. The minimum Gasteiger partial charge on any atom is -0.376 e. The van der Waals surface area contributed by atoms with E-state index < -0.39 is 0 Å². The maximum absolute atomic E-state index is 13.6. The van der Waals surface area contributed by atoms with Crippen LogP contribution in [0.5, 0.6) is 0 Å². The molecule has 7 nitrogen and oxygen atoms in total. The Morgan fingerprint density at radius 1 is 1.21 bits per heavy atom. The van der Waals surface area contributed by atoms with Crippen molar-refractivity contribution in [3.05, 3.63) is 70.5 Å². The lowest BCUT2D eigenvalue weighted by Crippen LogP contribution is -2.34. The minimum absolute atomic E-state index is 0.0568. The second kappa shape index (κ2) is 10.7. The molecule has 3 heterocycles. The highest BCUT2D eigenvalue weighted by Gasteiger charge is 2.37. The number of hydrogen-bond acceptors (Lipinski definition) is 4. The van der Waals surface area contributed by atoms with E-state index in [1.54, 1.807) is 9.80 Å². The van der Waals surface area contributed by atoms with Crippen molar-refractivity contribution in [1.82, 2.24) is 14.8 Å². The van der Waals surface area contributed by atoms with E-state index in [9.17, 15) is 9.59 Å². The average Bonchev–Trinajstić information content (AvgIpc) is 3.60. The molecule has 0 radical (unpaired) electrons. The van der Waals surface area contributed by atoms with Crippen LogP contribution in [0.1, 0.15) is 42.0 Å². The van der Waals surface area contributed by atoms with Gasteiger partial charge in [0.15, 0.2) is 5.11 Å². The zero-order valence-electron chi connectivity index (χ0n) is 22.4.